The van der Waals surface area contributed by atoms with Gasteiger partial charge in [-0.1, -0.05) is 6.42 Å². The average Bonchev–Trinajstić information content (AvgIpc) is 3.17. The molecule has 0 bridgehead atoms. The van der Waals surface area contributed by atoms with Gasteiger partial charge in [-0.25, -0.2) is 9.18 Å². The Kier molecular flexibility index (Phi) is 5.84. The fourth-order valence-electron chi connectivity index (χ4n) is 3.33. The number of halogens is 1. The summed E-state index contributed by atoms with van der Waals surface area (Å²) in [6, 6.07) is 6.61. The van der Waals surface area contributed by atoms with Crippen LogP contribution >= 0.6 is 11.3 Å². The number of ether oxygens (including phenoxy) is 2. The summed E-state index contributed by atoms with van der Waals surface area (Å²) >= 11 is 1.28. The van der Waals surface area contributed by atoms with Crippen molar-refractivity contribution in [2.45, 2.75) is 31.6 Å². The van der Waals surface area contributed by atoms with Crippen molar-refractivity contribution in [2.24, 2.45) is 0 Å². The van der Waals surface area contributed by atoms with Crippen molar-refractivity contribution in [3.05, 3.63) is 47.4 Å². The van der Waals surface area contributed by atoms with Gasteiger partial charge in [0.25, 0.3) is 0 Å². The summed E-state index contributed by atoms with van der Waals surface area (Å²) in [5, 5.41) is 13.8. The maximum atomic E-state index is 14.2. The van der Waals surface area contributed by atoms with E-state index < -0.39 is 6.16 Å². The van der Waals surface area contributed by atoms with Crippen LogP contribution in [0.3, 0.4) is 0 Å². The number of nitrogens with one attached hydrogen (secondary N) is 1. The van der Waals surface area contributed by atoms with Gasteiger partial charge in [0.15, 0.2) is 0 Å². The van der Waals surface area contributed by atoms with Crippen LogP contribution in [-0.2, 0) is 10.2 Å². The third-order valence-electron chi connectivity index (χ3n) is 5.00. The molecule has 1 aliphatic rings. The second kappa shape index (κ2) is 8.70. The lowest BCUT2D eigenvalue weighted by Gasteiger charge is -2.41. The lowest BCUT2D eigenvalue weighted by molar-refractivity contribution is 0.103. The Morgan fingerprint density at radius 2 is 2.17 bits per heavy atom. The Morgan fingerprint density at radius 1 is 1.30 bits per heavy atom. The molecule has 0 amide bonds. The van der Waals surface area contributed by atoms with Gasteiger partial charge < -0.3 is 14.8 Å². The number of rotatable bonds is 7. The monoisotopic (exact) mass is 429 g/mol. The van der Waals surface area contributed by atoms with Crippen molar-refractivity contribution in [3.8, 4) is 16.6 Å². The molecule has 3 heterocycles. The number of nitrogens with zero attached hydrogens (tertiary/aromatic N) is 4. The highest BCUT2D eigenvalue weighted by molar-refractivity contribution is 7.13. The highest BCUT2D eigenvalue weighted by Gasteiger charge is 2.41. The number of carbonyl (C=O) groups is 1. The third-order valence-corrected chi connectivity index (χ3v) is 5.84. The van der Waals surface area contributed by atoms with Gasteiger partial charge in [0.05, 0.1) is 17.7 Å². The number of pyridine rings is 1. The number of anilines is 1. The minimum absolute atomic E-state index is 0.154. The lowest BCUT2D eigenvalue weighted by Crippen LogP contribution is -2.42. The van der Waals surface area contributed by atoms with E-state index in [0.29, 0.717) is 28.8 Å². The van der Waals surface area contributed by atoms with Gasteiger partial charge >= 0.3 is 6.16 Å². The van der Waals surface area contributed by atoms with Crippen LogP contribution in [0.1, 0.15) is 31.9 Å². The van der Waals surface area contributed by atoms with Crippen molar-refractivity contribution in [3.63, 3.8) is 0 Å². The zero-order chi connectivity index (χ0) is 21.0. The molecular weight excluding hydrogens is 409 g/mol. The lowest BCUT2D eigenvalue weighted by atomic mass is 9.66. The van der Waals surface area contributed by atoms with Gasteiger partial charge in [-0.15, -0.1) is 21.5 Å². The topological polar surface area (TPSA) is 99.1 Å². The molecule has 1 fully saturated rings. The largest absolute Gasteiger partial charge is 0.515 e. The Morgan fingerprint density at radius 3 is 2.83 bits per heavy atom. The number of aromatic nitrogens is 4. The van der Waals surface area contributed by atoms with Crippen LogP contribution in [0.15, 0.2) is 35.8 Å². The molecule has 156 valence electrons. The number of carbonyl (C=O) groups excluding carboxylic acids is 1. The Hall–Kier alpha value is -3.14. The summed E-state index contributed by atoms with van der Waals surface area (Å²) in [7, 11) is 0. The molecule has 30 heavy (non-hydrogen) atoms. The van der Waals surface area contributed by atoms with Crippen molar-refractivity contribution in [2.75, 3.05) is 18.5 Å². The molecule has 0 atom stereocenters. The maximum absolute atomic E-state index is 14.2. The zero-order valence-electron chi connectivity index (χ0n) is 16.3. The molecule has 0 radical (unpaired) electrons. The molecule has 0 aromatic carbocycles. The van der Waals surface area contributed by atoms with E-state index in [0.717, 1.165) is 19.3 Å². The van der Waals surface area contributed by atoms with E-state index in [1.165, 1.54) is 17.4 Å². The Bertz CT molecular complexity index is 1020. The molecule has 3 aromatic rings. The first-order valence-electron chi connectivity index (χ1n) is 9.59. The summed E-state index contributed by atoms with van der Waals surface area (Å²) in [5.41, 5.74) is 0.740. The van der Waals surface area contributed by atoms with Crippen LogP contribution in [0.25, 0.3) is 10.7 Å². The molecule has 0 aliphatic heterocycles. The van der Waals surface area contributed by atoms with Gasteiger partial charge in [0.1, 0.15) is 22.3 Å². The van der Waals surface area contributed by atoms with Crippen LogP contribution < -0.4 is 10.1 Å². The molecule has 10 heteroatoms. The summed E-state index contributed by atoms with van der Waals surface area (Å²) in [6.45, 7) is 2.45. The minimum atomic E-state index is -0.797. The second-order valence-electron chi connectivity index (χ2n) is 6.90. The predicted octanol–water partition coefficient (Wildman–Crippen LogP) is 4.20. The fraction of sp³-hybridized carbons (Fsp3) is 0.350. The number of hydrogen-bond acceptors (Lipinski definition) is 9. The molecule has 0 saturated heterocycles. The quantitative estimate of drug-likeness (QED) is 0.558. The standard InChI is InChI=1S/C20H20FN5O3S/c1-2-28-19(27)29-16-11-30-18(24-16)14-6-7-15(26-25-14)23-12-20(8-4-9-20)17-13(21)5-3-10-22-17/h3,5-7,10-11H,2,4,8-9,12H2,1H3,(H,23,26). The van der Waals surface area contributed by atoms with Crippen LogP contribution in [0.4, 0.5) is 15.0 Å². The van der Waals surface area contributed by atoms with Gasteiger partial charge in [-0.3, -0.25) is 4.98 Å². The normalized spacial score (nSPS) is 14.6. The van der Waals surface area contributed by atoms with Crippen molar-refractivity contribution < 1.29 is 18.7 Å². The van der Waals surface area contributed by atoms with E-state index in [4.69, 9.17) is 9.47 Å². The van der Waals surface area contributed by atoms with E-state index in [1.807, 2.05) is 0 Å². The van der Waals surface area contributed by atoms with Gasteiger partial charge in [0.2, 0.25) is 5.88 Å². The molecule has 8 nitrogen and oxygen atoms in total. The van der Waals surface area contributed by atoms with Crippen molar-refractivity contribution in [1.82, 2.24) is 20.2 Å². The van der Waals surface area contributed by atoms with Crippen LogP contribution in [0.5, 0.6) is 5.88 Å². The predicted molar refractivity (Wildman–Crippen MR) is 109 cm³/mol. The Balaban J connectivity index is 1.40. The summed E-state index contributed by atoms with van der Waals surface area (Å²) in [5.74, 6) is 0.465. The van der Waals surface area contributed by atoms with E-state index in [1.54, 1.807) is 36.7 Å². The second-order valence-corrected chi connectivity index (χ2v) is 7.76. The van der Waals surface area contributed by atoms with Gasteiger partial charge in [-0.2, -0.15) is 4.98 Å². The molecule has 0 spiro atoms. The van der Waals surface area contributed by atoms with Gasteiger partial charge in [0, 0.05) is 18.2 Å². The van der Waals surface area contributed by atoms with E-state index in [-0.39, 0.29) is 23.7 Å². The van der Waals surface area contributed by atoms with Crippen molar-refractivity contribution in [1.29, 1.82) is 0 Å². The summed E-state index contributed by atoms with van der Waals surface area (Å²) < 4.78 is 23.9. The molecule has 3 aromatic heterocycles. The van der Waals surface area contributed by atoms with Crippen LogP contribution in [-0.4, -0.2) is 39.5 Å². The highest BCUT2D eigenvalue weighted by Crippen LogP contribution is 2.43. The molecule has 1 N–H and O–H groups in total. The fourth-order valence-corrected chi connectivity index (χ4v) is 4.02. The van der Waals surface area contributed by atoms with Crippen LogP contribution in [0, 0.1) is 5.82 Å². The first-order valence-corrected chi connectivity index (χ1v) is 10.5. The van der Waals surface area contributed by atoms with E-state index in [9.17, 15) is 9.18 Å². The first-order chi connectivity index (χ1) is 14.6. The Labute approximate surface area is 176 Å². The van der Waals surface area contributed by atoms with E-state index >= 15 is 0 Å². The summed E-state index contributed by atoms with van der Waals surface area (Å²) in [4.78, 5) is 19.8. The summed E-state index contributed by atoms with van der Waals surface area (Å²) in [6.07, 6.45) is 3.63. The SMILES string of the molecule is CCOC(=O)Oc1csc(-c2ccc(NCC3(c4ncccc4F)CCC3)nn2)n1. The molecule has 0 unspecified atom stereocenters. The average molecular weight is 429 g/mol. The molecule has 4 rings (SSSR count). The van der Waals surface area contributed by atoms with E-state index in [2.05, 4.69) is 25.5 Å². The number of hydrogen-bond donors (Lipinski definition) is 1. The zero-order valence-corrected chi connectivity index (χ0v) is 17.1. The maximum Gasteiger partial charge on any atom is 0.515 e. The minimum Gasteiger partial charge on any atom is -0.434 e. The third kappa shape index (κ3) is 4.23. The molecule has 1 saturated carbocycles. The van der Waals surface area contributed by atoms with Crippen molar-refractivity contribution >= 4 is 23.3 Å². The number of thiazole rings is 1. The highest BCUT2D eigenvalue weighted by atomic mass is 32.1. The van der Waals surface area contributed by atoms with Crippen LogP contribution in [0.2, 0.25) is 0 Å². The molecule has 1 aliphatic carbocycles. The smallest absolute Gasteiger partial charge is 0.434 e. The van der Waals surface area contributed by atoms with Gasteiger partial charge in [-0.05, 0) is 44.0 Å². The first kappa shape index (κ1) is 20.1. The molecular formula is C20H20FN5O3S.